The van der Waals surface area contributed by atoms with Gasteiger partial charge in [-0.05, 0) is 31.2 Å². The van der Waals surface area contributed by atoms with Crippen molar-refractivity contribution >= 4 is 40.7 Å². The predicted octanol–water partition coefficient (Wildman–Crippen LogP) is 3.50. The van der Waals surface area contributed by atoms with Gasteiger partial charge in [0.05, 0.1) is 21.3 Å². The summed E-state index contributed by atoms with van der Waals surface area (Å²) in [5, 5.41) is 3.46. The second-order valence-corrected chi connectivity index (χ2v) is 6.47. The van der Waals surface area contributed by atoms with E-state index in [9.17, 15) is 9.59 Å². The number of hydrogen-bond donors (Lipinski definition) is 1. The summed E-state index contributed by atoms with van der Waals surface area (Å²) in [4.78, 5) is 28.6. The van der Waals surface area contributed by atoms with Crippen LogP contribution in [0.4, 0.5) is 0 Å². The van der Waals surface area contributed by atoms with Crippen LogP contribution in [0.15, 0.2) is 48.8 Å². The number of amides is 1. The van der Waals surface area contributed by atoms with Crippen molar-refractivity contribution in [3.63, 3.8) is 0 Å². The molecule has 2 aromatic heterocycles. The molecule has 2 heterocycles. The molecule has 0 radical (unpaired) electrons. The highest BCUT2D eigenvalue weighted by Gasteiger charge is 2.19. The Kier molecular flexibility index (Phi) is 5.44. The fourth-order valence-electron chi connectivity index (χ4n) is 2.34. The molecule has 0 saturated heterocycles. The van der Waals surface area contributed by atoms with Crippen molar-refractivity contribution in [3.05, 3.63) is 70.1 Å². The molecule has 6 nitrogen and oxygen atoms in total. The highest BCUT2D eigenvalue weighted by atomic mass is 35.5. The number of nitrogens with zero attached hydrogens (tertiary/aromatic N) is 2. The number of carbonyl (C=O) groups is 2. The van der Waals surface area contributed by atoms with Gasteiger partial charge in [-0.25, -0.2) is 9.78 Å². The third kappa shape index (κ3) is 4.15. The van der Waals surface area contributed by atoms with Crippen molar-refractivity contribution < 1.29 is 14.3 Å². The number of benzene rings is 1. The average molecular weight is 392 g/mol. The molecule has 0 unspecified atom stereocenters. The molecule has 3 rings (SSSR count). The van der Waals surface area contributed by atoms with Crippen LogP contribution in [0.5, 0.6) is 0 Å². The molecule has 0 bridgehead atoms. The maximum atomic E-state index is 12.2. The molecule has 1 atom stereocenters. The molecule has 0 aliphatic rings. The minimum atomic E-state index is -0.828. The third-order valence-electron chi connectivity index (χ3n) is 3.65. The van der Waals surface area contributed by atoms with Crippen molar-refractivity contribution in [1.82, 2.24) is 14.7 Å². The Labute approximate surface area is 159 Å². The lowest BCUT2D eigenvalue weighted by atomic mass is 10.2. The van der Waals surface area contributed by atoms with E-state index in [-0.39, 0.29) is 6.61 Å². The average Bonchev–Trinajstić information content (AvgIpc) is 3.01. The largest absolute Gasteiger partial charge is 0.458 e. The van der Waals surface area contributed by atoms with Crippen LogP contribution in [0.3, 0.4) is 0 Å². The second-order valence-electron chi connectivity index (χ2n) is 5.63. The first-order valence-corrected chi connectivity index (χ1v) is 8.55. The highest BCUT2D eigenvalue weighted by Crippen LogP contribution is 2.15. The first-order valence-electron chi connectivity index (χ1n) is 7.79. The van der Waals surface area contributed by atoms with Gasteiger partial charge in [-0.2, -0.15) is 0 Å². The molecular weight excluding hydrogens is 377 g/mol. The number of aromatic nitrogens is 2. The zero-order valence-corrected chi connectivity index (χ0v) is 15.3. The molecule has 0 aliphatic heterocycles. The third-order valence-corrected chi connectivity index (χ3v) is 4.20. The van der Waals surface area contributed by atoms with E-state index in [0.717, 1.165) is 0 Å². The van der Waals surface area contributed by atoms with E-state index in [1.54, 1.807) is 60.1 Å². The lowest BCUT2D eigenvalue weighted by Crippen LogP contribution is -2.39. The van der Waals surface area contributed by atoms with Crippen LogP contribution in [0, 0.1) is 0 Å². The Bertz CT molecular complexity index is 971. The van der Waals surface area contributed by atoms with Gasteiger partial charge >= 0.3 is 5.97 Å². The standard InChI is InChI=1S/C18H15Cl2N3O3/c1-11(21-17(24)14-4-2-3-5-15(14)20)18(25)26-10-13-9-23-8-12(19)6-7-16(23)22-13/h2-9,11H,10H2,1H3,(H,21,24)/t11-/m1/s1. The van der Waals surface area contributed by atoms with Crippen LogP contribution < -0.4 is 5.32 Å². The Morgan fingerprint density at radius 2 is 1.96 bits per heavy atom. The number of pyridine rings is 1. The summed E-state index contributed by atoms with van der Waals surface area (Å²) in [6.45, 7) is 1.53. The summed E-state index contributed by atoms with van der Waals surface area (Å²) < 4.78 is 6.97. The van der Waals surface area contributed by atoms with Crippen molar-refractivity contribution in [3.8, 4) is 0 Å². The number of esters is 1. The van der Waals surface area contributed by atoms with Gasteiger partial charge in [0.25, 0.3) is 5.91 Å². The Morgan fingerprint density at radius 3 is 2.73 bits per heavy atom. The molecule has 0 fully saturated rings. The summed E-state index contributed by atoms with van der Waals surface area (Å²) >= 11 is 11.9. The molecule has 8 heteroatoms. The number of fused-ring (bicyclic) bond motifs is 1. The van der Waals surface area contributed by atoms with E-state index in [2.05, 4.69) is 10.3 Å². The lowest BCUT2D eigenvalue weighted by Gasteiger charge is -2.13. The first-order chi connectivity index (χ1) is 12.4. The van der Waals surface area contributed by atoms with Gasteiger partial charge in [-0.3, -0.25) is 4.79 Å². The summed E-state index contributed by atoms with van der Waals surface area (Å²) in [5.41, 5.74) is 1.57. The Morgan fingerprint density at radius 1 is 1.19 bits per heavy atom. The molecule has 0 spiro atoms. The highest BCUT2D eigenvalue weighted by molar-refractivity contribution is 6.33. The van der Waals surface area contributed by atoms with E-state index in [1.165, 1.54) is 0 Å². The predicted molar refractivity (Wildman–Crippen MR) is 98.4 cm³/mol. The minimum absolute atomic E-state index is 0.00949. The van der Waals surface area contributed by atoms with Crippen molar-refractivity contribution in [1.29, 1.82) is 0 Å². The van der Waals surface area contributed by atoms with Gasteiger partial charge in [0, 0.05) is 12.4 Å². The Hall–Kier alpha value is -2.57. The summed E-state index contributed by atoms with van der Waals surface area (Å²) in [6.07, 6.45) is 3.43. The number of rotatable bonds is 5. The number of carbonyl (C=O) groups excluding carboxylic acids is 2. The molecule has 26 heavy (non-hydrogen) atoms. The molecular formula is C18H15Cl2N3O3. The van der Waals surface area contributed by atoms with Crippen LogP contribution in [-0.4, -0.2) is 27.3 Å². The number of imidazole rings is 1. The van der Waals surface area contributed by atoms with Crippen LogP contribution >= 0.6 is 23.2 Å². The van der Waals surface area contributed by atoms with Crippen LogP contribution in [0.1, 0.15) is 23.0 Å². The van der Waals surface area contributed by atoms with Gasteiger partial charge in [0.1, 0.15) is 18.3 Å². The lowest BCUT2D eigenvalue weighted by molar-refractivity contribution is -0.146. The van der Waals surface area contributed by atoms with Gasteiger partial charge in [0.2, 0.25) is 0 Å². The van der Waals surface area contributed by atoms with E-state index >= 15 is 0 Å². The molecule has 3 aromatic rings. The quantitative estimate of drug-likeness (QED) is 0.675. The maximum Gasteiger partial charge on any atom is 0.328 e. The molecule has 134 valence electrons. The van der Waals surface area contributed by atoms with Crippen molar-refractivity contribution in [2.75, 3.05) is 0 Å². The molecule has 1 aromatic carbocycles. The normalized spacial score (nSPS) is 12.0. The SMILES string of the molecule is C[C@@H](NC(=O)c1ccccc1Cl)C(=O)OCc1cn2cc(Cl)ccc2n1. The van der Waals surface area contributed by atoms with Crippen LogP contribution in [0.25, 0.3) is 5.65 Å². The molecule has 0 aliphatic carbocycles. The van der Waals surface area contributed by atoms with Crippen LogP contribution in [0.2, 0.25) is 10.0 Å². The van der Waals surface area contributed by atoms with Crippen molar-refractivity contribution in [2.24, 2.45) is 0 Å². The topological polar surface area (TPSA) is 72.7 Å². The zero-order chi connectivity index (χ0) is 18.7. The van der Waals surface area contributed by atoms with E-state index in [0.29, 0.717) is 26.9 Å². The van der Waals surface area contributed by atoms with Crippen LogP contribution in [-0.2, 0) is 16.1 Å². The van der Waals surface area contributed by atoms with Gasteiger partial charge in [-0.15, -0.1) is 0 Å². The summed E-state index contributed by atoms with van der Waals surface area (Å²) in [5.74, 6) is -1.01. The summed E-state index contributed by atoms with van der Waals surface area (Å²) in [7, 11) is 0. The van der Waals surface area contributed by atoms with Gasteiger partial charge in [-0.1, -0.05) is 35.3 Å². The fraction of sp³-hybridized carbons (Fsp3) is 0.167. The number of hydrogen-bond acceptors (Lipinski definition) is 4. The Balaban J connectivity index is 1.58. The minimum Gasteiger partial charge on any atom is -0.458 e. The number of halogens is 2. The van der Waals surface area contributed by atoms with Gasteiger partial charge in [0.15, 0.2) is 0 Å². The molecule has 0 saturated carbocycles. The monoisotopic (exact) mass is 391 g/mol. The second kappa shape index (κ2) is 7.76. The van der Waals surface area contributed by atoms with Crippen molar-refractivity contribution in [2.45, 2.75) is 19.6 Å². The number of nitrogens with one attached hydrogen (secondary N) is 1. The number of ether oxygens (including phenoxy) is 1. The first kappa shape index (κ1) is 18.2. The molecule has 1 N–H and O–H groups in total. The van der Waals surface area contributed by atoms with E-state index < -0.39 is 17.9 Å². The molecule has 1 amide bonds. The van der Waals surface area contributed by atoms with E-state index in [4.69, 9.17) is 27.9 Å². The smallest absolute Gasteiger partial charge is 0.328 e. The fourth-order valence-corrected chi connectivity index (χ4v) is 2.73. The zero-order valence-electron chi connectivity index (χ0n) is 13.8. The maximum absolute atomic E-state index is 12.2. The van der Waals surface area contributed by atoms with E-state index in [1.807, 2.05) is 0 Å². The summed E-state index contributed by atoms with van der Waals surface area (Å²) in [6, 6.07) is 9.27. The van der Waals surface area contributed by atoms with Gasteiger partial charge < -0.3 is 14.5 Å².